The van der Waals surface area contributed by atoms with Crippen LogP contribution in [0.15, 0.2) is 66.7 Å². The summed E-state index contributed by atoms with van der Waals surface area (Å²) in [5, 5.41) is 4.93. The van der Waals surface area contributed by atoms with Gasteiger partial charge in [-0.1, -0.05) is 54.1 Å². The van der Waals surface area contributed by atoms with Gasteiger partial charge >= 0.3 is 12.4 Å². The van der Waals surface area contributed by atoms with Gasteiger partial charge in [0.2, 0.25) is 17.7 Å². The number of anilines is 3. The Morgan fingerprint density at radius 2 is 1.70 bits per heavy atom. The predicted molar refractivity (Wildman–Crippen MR) is 145 cm³/mol. The summed E-state index contributed by atoms with van der Waals surface area (Å²) in [7, 11) is 0. The molecule has 0 radical (unpaired) electrons. The van der Waals surface area contributed by atoms with Crippen LogP contribution in [0.2, 0.25) is 5.02 Å². The normalized spacial score (nSPS) is 16.9. The molecule has 0 aliphatic carbocycles. The number of alkyl halides is 6. The fourth-order valence-electron chi connectivity index (χ4n) is 4.80. The number of hydrogen-bond donors (Lipinski definition) is 3. The first-order valence-corrected chi connectivity index (χ1v) is 13.2. The number of carbonyl (C=O) groups excluding carboxylic acids is 3. The van der Waals surface area contributed by atoms with E-state index in [0.29, 0.717) is 0 Å². The zero-order chi connectivity index (χ0) is 31.5. The Morgan fingerprint density at radius 3 is 2.33 bits per heavy atom. The van der Waals surface area contributed by atoms with Crippen molar-refractivity contribution >= 4 is 46.5 Å². The summed E-state index contributed by atoms with van der Waals surface area (Å²) < 4.78 is 80.1. The van der Waals surface area contributed by atoms with Crippen LogP contribution in [-0.4, -0.2) is 41.5 Å². The number of nitrogens with one attached hydrogen (secondary N) is 2. The van der Waals surface area contributed by atoms with Gasteiger partial charge in [-0.25, -0.2) is 4.98 Å². The molecule has 43 heavy (non-hydrogen) atoms. The first kappa shape index (κ1) is 31.6. The molecule has 3 aromatic rings. The second-order valence-electron chi connectivity index (χ2n) is 9.72. The average Bonchev–Trinajstić information content (AvgIpc) is 3.07. The van der Waals surface area contributed by atoms with Gasteiger partial charge in [-0.2, -0.15) is 26.3 Å². The molecule has 15 heteroatoms. The van der Waals surface area contributed by atoms with Crippen molar-refractivity contribution in [3.63, 3.8) is 0 Å². The van der Waals surface area contributed by atoms with Crippen molar-refractivity contribution in [3.05, 3.63) is 83.0 Å². The van der Waals surface area contributed by atoms with Crippen LogP contribution in [0, 0.1) is 5.92 Å². The third-order valence-electron chi connectivity index (χ3n) is 6.77. The molecule has 8 nitrogen and oxygen atoms in total. The number of amides is 3. The molecule has 0 unspecified atom stereocenters. The zero-order valence-electron chi connectivity index (χ0n) is 22.0. The van der Waals surface area contributed by atoms with Gasteiger partial charge in [0, 0.05) is 6.42 Å². The Labute approximate surface area is 246 Å². The van der Waals surface area contributed by atoms with E-state index in [0.717, 1.165) is 12.1 Å². The van der Waals surface area contributed by atoms with Gasteiger partial charge in [-0.15, -0.1) is 0 Å². The molecule has 2 aromatic carbocycles. The van der Waals surface area contributed by atoms with E-state index in [1.54, 1.807) is 6.07 Å². The zero-order valence-corrected chi connectivity index (χ0v) is 22.8. The van der Waals surface area contributed by atoms with Gasteiger partial charge in [-0.3, -0.25) is 14.4 Å². The first-order valence-electron chi connectivity index (χ1n) is 12.8. The molecule has 228 valence electrons. The molecule has 0 spiro atoms. The van der Waals surface area contributed by atoms with Crippen LogP contribution in [0.5, 0.6) is 0 Å². The van der Waals surface area contributed by atoms with Crippen LogP contribution < -0.4 is 21.3 Å². The van der Waals surface area contributed by atoms with Crippen molar-refractivity contribution in [2.75, 3.05) is 16.8 Å². The molecular weight excluding hydrogens is 604 g/mol. The minimum absolute atomic E-state index is 0.0121. The molecule has 3 amide bonds. The minimum atomic E-state index is -4.80. The number of carbonyl (C=O) groups is 3. The Balaban J connectivity index is 1.73. The lowest BCUT2D eigenvalue weighted by Gasteiger charge is -2.29. The number of fused-ring (bicyclic) bond motifs is 1. The average molecular weight is 628 g/mol. The van der Waals surface area contributed by atoms with Crippen molar-refractivity contribution in [2.24, 2.45) is 11.7 Å². The highest BCUT2D eigenvalue weighted by Crippen LogP contribution is 2.40. The number of rotatable bonds is 8. The van der Waals surface area contributed by atoms with Crippen LogP contribution in [-0.2, 0) is 20.6 Å². The molecule has 1 aromatic heterocycles. The van der Waals surface area contributed by atoms with E-state index in [-0.39, 0.29) is 27.8 Å². The largest absolute Gasteiger partial charge is 0.433 e. The lowest BCUT2D eigenvalue weighted by molar-refractivity contribution is -0.144. The third kappa shape index (κ3) is 7.55. The first-order chi connectivity index (χ1) is 20.2. The summed E-state index contributed by atoms with van der Waals surface area (Å²) in [6, 6.07) is 13.4. The Morgan fingerprint density at radius 1 is 1.02 bits per heavy atom. The fraction of sp³-hybridized carbons (Fsp3) is 0.286. The van der Waals surface area contributed by atoms with Crippen LogP contribution in [0.4, 0.5) is 43.5 Å². The standard InChI is InChI=1S/C28H24ClF6N5O3/c29-17-8-4-9-19-23(17)39-26(43)18(14-40(19)21-11-5-10-20(38-21)28(33,34)35)37-25(42)16(12-13-27(30,31)32)22(24(36)41)15-6-2-1-3-7-15/h1-11,16,18,22H,12-14H2,(H2,36,41)(H,37,42)(H,39,43)/t16-,18+,22+/m1/s1. The summed E-state index contributed by atoms with van der Waals surface area (Å²) in [6.45, 7) is -0.488. The summed E-state index contributed by atoms with van der Waals surface area (Å²) in [5.41, 5.74) is 4.68. The van der Waals surface area contributed by atoms with Crippen molar-refractivity contribution in [3.8, 4) is 0 Å². The van der Waals surface area contributed by atoms with Crippen molar-refractivity contribution in [1.82, 2.24) is 10.3 Å². The van der Waals surface area contributed by atoms with E-state index < -0.39 is 73.0 Å². The second kappa shape index (κ2) is 12.5. The van der Waals surface area contributed by atoms with Gasteiger partial charge in [0.15, 0.2) is 0 Å². The van der Waals surface area contributed by atoms with Gasteiger partial charge in [-0.05, 0) is 36.2 Å². The summed E-state index contributed by atoms with van der Waals surface area (Å²) in [5.74, 6) is -6.39. The topological polar surface area (TPSA) is 117 Å². The number of pyridine rings is 1. The molecule has 0 saturated carbocycles. The van der Waals surface area contributed by atoms with Crippen molar-refractivity contribution in [2.45, 2.75) is 37.2 Å². The molecule has 4 rings (SSSR count). The van der Waals surface area contributed by atoms with E-state index in [9.17, 15) is 40.7 Å². The van der Waals surface area contributed by atoms with E-state index in [1.165, 1.54) is 53.4 Å². The fourth-order valence-corrected chi connectivity index (χ4v) is 5.01. The lowest BCUT2D eigenvalue weighted by atomic mass is 9.81. The quantitative estimate of drug-likeness (QED) is 0.283. The number of nitrogens with two attached hydrogens (primary N) is 1. The van der Waals surface area contributed by atoms with Gasteiger partial charge in [0.25, 0.3) is 0 Å². The van der Waals surface area contributed by atoms with E-state index in [1.807, 2.05) is 0 Å². The second-order valence-corrected chi connectivity index (χ2v) is 10.1. The number of hydrogen-bond acceptors (Lipinski definition) is 5. The Hall–Kier alpha value is -4.33. The molecule has 0 saturated heterocycles. The molecule has 0 bridgehead atoms. The third-order valence-corrected chi connectivity index (χ3v) is 7.09. The SMILES string of the molecule is NC(=O)[C@@H](c1ccccc1)[C@@H](CCC(F)(F)F)C(=O)N[C@H]1CN(c2cccc(C(F)(F)F)n2)c2cccc(Cl)c2NC1=O. The highest BCUT2D eigenvalue weighted by Gasteiger charge is 2.40. The molecule has 4 N–H and O–H groups in total. The van der Waals surface area contributed by atoms with Gasteiger partial charge < -0.3 is 21.3 Å². The number of nitrogens with zero attached hydrogens (tertiary/aromatic N) is 2. The monoisotopic (exact) mass is 627 g/mol. The smallest absolute Gasteiger partial charge is 0.369 e. The van der Waals surface area contributed by atoms with E-state index in [2.05, 4.69) is 15.6 Å². The maximum absolute atomic E-state index is 13.6. The minimum Gasteiger partial charge on any atom is -0.369 e. The molecule has 0 fully saturated rings. The number of primary amides is 1. The molecule has 3 atom stereocenters. The van der Waals surface area contributed by atoms with Crippen LogP contribution in [0.25, 0.3) is 0 Å². The molecular formula is C28H24ClF6N5O3. The van der Waals surface area contributed by atoms with Crippen molar-refractivity contribution < 1.29 is 40.7 Å². The van der Waals surface area contributed by atoms with E-state index in [4.69, 9.17) is 17.3 Å². The molecule has 1 aliphatic rings. The highest BCUT2D eigenvalue weighted by molar-refractivity contribution is 6.34. The van der Waals surface area contributed by atoms with E-state index >= 15 is 0 Å². The number of halogens is 7. The Bertz CT molecular complexity index is 1500. The van der Waals surface area contributed by atoms with Crippen LogP contribution >= 0.6 is 11.6 Å². The number of para-hydroxylation sites is 1. The summed E-state index contributed by atoms with van der Waals surface area (Å²) >= 11 is 6.28. The van der Waals surface area contributed by atoms with Gasteiger partial charge in [0.1, 0.15) is 17.6 Å². The maximum atomic E-state index is 13.6. The molecule has 1 aliphatic heterocycles. The van der Waals surface area contributed by atoms with Crippen molar-refractivity contribution in [1.29, 1.82) is 0 Å². The molecule has 2 heterocycles. The number of benzene rings is 2. The predicted octanol–water partition coefficient (Wildman–Crippen LogP) is 5.56. The highest BCUT2D eigenvalue weighted by atomic mass is 35.5. The van der Waals surface area contributed by atoms with Crippen LogP contribution in [0.3, 0.4) is 0 Å². The summed E-state index contributed by atoms with van der Waals surface area (Å²) in [6.07, 6.45) is -11.7. The Kier molecular flexibility index (Phi) is 9.18. The maximum Gasteiger partial charge on any atom is 0.433 e. The lowest BCUT2D eigenvalue weighted by Crippen LogP contribution is -2.51. The summed E-state index contributed by atoms with van der Waals surface area (Å²) in [4.78, 5) is 44.3. The number of aromatic nitrogens is 1. The van der Waals surface area contributed by atoms with Gasteiger partial charge in [0.05, 0.1) is 34.8 Å². The van der Waals surface area contributed by atoms with Crippen LogP contribution in [0.1, 0.15) is 30.0 Å².